The Morgan fingerprint density at radius 2 is 1.73 bits per heavy atom. The fourth-order valence-electron chi connectivity index (χ4n) is 4.17. The average Bonchev–Trinajstić information content (AvgIpc) is 3.15. The molecule has 9 heteroatoms. The van der Waals surface area contributed by atoms with E-state index in [0.717, 1.165) is 0 Å². The molecule has 1 atom stereocenters. The number of amides is 1. The standard InChI is InChI=1S/C28H24ClNO7/c1-3-36-20-12-13-22(29)21(15-20)25(32)23-24(17-6-5-7-19(31)14-17)30(27(34)26(23)33)18-10-8-16(9-11-18)28(35)37-4-2/h5-15,24,31-32H,3-4H2,1-2H3/b25-23+. The molecule has 1 amide bonds. The number of Topliss-reactive ketones (excluding diaryl/α,β-unsaturated/α-hetero) is 1. The van der Waals surface area contributed by atoms with E-state index < -0.39 is 29.5 Å². The van der Waals surface area contributed by atoms with Crippen LogP contribution in [0.4, 0.5) is 5.69 Å². The molecule has 1 saturated heterocycles. The summed E-state index contributed by atoms with van der Waals surface area (Å²) in [4.78, 5) is 39.9. The topological polar surface area (TPSA) is 113 Å². The number of carbonyl (C=O) groups is 3. The minimum Gasteiger partial charge on any atom is -0.508 e. The maximum Gasteiger partial charge on any atom is 0.338 e. The third-order valence-electron chi connectivity index (χ3n) is 5.79. The zero-order valence-electron chi connectivity index (χ0n) is 20.1. The van der Waals surface area contributed by atoms with Crippen molar-refractivity contribution < 1.29 is 34.1 Å². The number of halogens is 1. The molecule has 1 aliphatic rings. The number of carbonyl (C=O) groups excluding carboxylic acids is 3. The van der Waals surface area contributed by atoms with Gasteiger partial charge in [-0.3, -0.25) is 14.5 Å². The maximum atomic E-state index is 13.3. The van der Waals surface area contributed by atoms with E-state index in [1.54, 1.807) is 32.0 Å². The number of phenolic OH excluding ortho intramolecular Hbond substituents is 1. The third kappa shape index (κ3) is 5.01. The van der Waals surface area contributed by atoms with Crippen LogP contribution in [0.1, 0.15) is 41.4 Å². The molecule has 0 aromatic heterocycles. The van der Waals surface area contributed by atoms with Gasteiger partial charge in [-0.25, -0.2) is 4.79 Å². The maximum absolute atomic E-state index is 13.3. The molecule has 4 rings (SSSR count). The summed E-state index contributed by atoms with van der Waals surface area (Å²) in [7, 11) is 0. The van der Waals surface area contributed by atoms with E-state index in [2.05, 4.69) is 0 Å². The lowest BCUT2D eigenvalue weighted by Gasteiger charge is -2.25. The van der Waals surface area contributed by atoms with E-state index in [4.69, 9.17) is 21.1 Å². The number of ether oxygens (including phenoxy) is 2. The minimum absolute atomic E-state index is 0.0860. The Bertz CT molecular complexity index is 1400. The van der Waals surface area contributed by atoms with Gasteiger partial charge in [0.05, 0.1) is 35.4 Å². The number of hydrogen-bond donors (Lipinski definition) is 2. The van der Waals surface area contributed by atoms with Crippen molar-refractivity contribution in [3.63, 3.8) is 0 Å². The highest BCUT2D eigenvalue weighted by Crippen LogP contribution is 2.44. The highest BCUT2D eigenvalue weighted by atomic mass is 35.5. The van der Waals surface area contributed by atoms with Crippen LogP contribution in [0.5, 0.6) is 11.5 Å². The number of anilines is 1. The Morgan fingerprint density at radius 1 is 1.00 bits per heavy atom. The lowest BCUT2D eigenvalue weighted by atomic mass is 9.94. The summed E-state index contributed by atoms with van der Waals surface area (Å²) in [6.07, 6.45) is 0. The first kappa shape index (κ1) is 25.8. The van der Waals surface area contributed by atoms with Gasteiger partial charge in [0.15, 0.2) is 0 Å². The van der Waals surface area contributed by atoms with Crippen molar-refractivity contribution in [2.45, 2.75) is 19.9 Å². The van der Waals surface area contributed by atoms with Crippen LogP contribution in [-0.2, 0) is 14.3 Å². The molecule has 0 radical (unpaired) electrons. The first-order chi connectivity index (χ1) is 17.8. The van der Waals surface area contributed by atoms with Crippen LogP contribution in [0, 0.1) is 0 Å². The smallest absolute Gasteiger partial charge is 0.338 e. The summed E-state index contributed by atoms with van der Waals surface area (Å²) in [6, 6.07) is 15.6. The lowest BCUT2D eigenvalue weighted by Crippen LogP contribution is -2.29. The zero-order valence-corrected chi connectivity index (χ0v) is 20.9. The number of esters is 1. The number of phenols is 1. The molecule has 0 aliphatic carbocycles. The molecule has 1 heterocycles. The van der Waals surface area contributed by atoms with Crippen LogP contribution in [0.3, 0.4) is 0 Å². The fourth-order valence-corrected chi connectivity index (χ4v) is 4.38. The molecule has 2 N–H and O–H groups in total. The van der Waals surface area contributed by atoms with Crippen molar-refractivity contribution in [2.75, 3.05) is 18.1 Å². The molecule has 1 fully saturated rings. The van der Waals surface area contributed by atoms with Gasteiger partial charge in [-0.2, -0.15) is 0 Å². The molecule has 1 aliphatic heterocycles. The molecule has 1 unspecified atom stereocenters. The van der Waals surface area contributed by atoms with Crippen molar-refractivity contribution in [1.29, 1.82) is 0 Å². The largest absolute Gasteiger partial charge is 0.508 e. The number of benzene rings is 3. The number of rotatable bonds is 7. The summed E-state index contributed by atoms with van der Waals surface area (Å²) in [5, 5.41) is 21.6. The zero-order chi connectivity index (χ0) is 26.7. The molecule has 8 nitrogen and oxygen atoms in total. The van der Waals surface area contributed by atoms with Gasteiger partial charge in [0.2, 0.25) is 0 Å². The highest BCUT2D eigenvalue weighted by Gasteiger charge is 2.47. The molecule has 0 bridgehead atoms. The van der Waals surface area contributed by atoms with Crippen molar-refractivity contribution in [2.24, 2.45) is 0 Å². The Kier molecular flexibility index (Phi) is 7.50. The Balaban J connectivity index is 1.89. The molecule has 37 heavy (non-hydrogen) atoms. The first-order valence-corrected chi connectivity index (χ1v) is 11.9. The highest BCUT2D eigenvalue weighted by molar-refractivity contribution is 6.52. The van der Waals surface area contributed by atoms with Gasteiger partial charge in [-0.05, 0) is 74.0 Å². The quantitative estimate of drug-likeness (QED) is 0.189. The molecular formula is C28H24ClNO7. The molecular weight excluding hydrogens is 498 g/mol. The summed E-state index contributed by atoms with van der Waals surface area (Å²) < 4.78 is 10.5. The van der Waals surface area contributed by atoms with E-state index >= 15 is 0 Å². The number of hydrogen-bond acceptors (Lipinski definition) is 7. The number of aliphatic hydroxyl groups excluding tert-OH is 1. The molecule has 0 saturated carbocycles. The van der Waals surface area contributed by atoms with E-state index in [-0.39, 0.29) is 34.1 Å². The minimum atomic E-state index is -1.09. The Morgan fingerprint density at radius 3 is 2.38 bits per heavy atom. The van der Waals surface area contributed by atoms with Gasteiger partial charge in [0.25, 0.3) is 11.7 Å². The summed E-state index contributed by atoms with van der Waals surface area (Å²) in [5.41, 5.74) is 0.869. The van der Waals surface area contributed by atoms with Crippen LogP contribution in [0.15, 0.2) is 72.3 Å². The number of nitrogens with zero attached hydrogens (tertiary/aromatic N) is 1. The monoisotopic (exact) mass is 521 g/mol. The van der Waals surface area contributed by atoms with Gasteiger partial charge in [-0.15, -0.1) is 0 Å². The third-order valence-corrected chi connectivity index (χ3v) is 6.12. The average molecular weight is 522 g/mol. The number of aliphatic hydroxyl groups is 1. The van der Waals surface area contributed by atoms with E-state index in [1.165, 1.54) is 53.4 Å². The second kappa shape index (κ2) is 10.8. The SMILES string of the molecule is CCOC(=O)c1ccc(N2C(=O)C(=O)/C(=C(/O)c3cc(OCC)ccc3Cl)C2c2cccc(O)c2)cc1. The predicted octanol–water partition coefficient (Wildman–Crippen LogP) is 5.25. The summed E-state index contributed by atoms with van der Waals surface area (Å²) >= 11 is 6.36. The van der Waals surface area contributed by atoms with Crippen molar-refractivity contribution >= 4 is 40.7 Å². The Labute approximate surface area is 218 Å². The molecule has 3 aromatic rings. The number of aromatic hydroxyl groups is 1. The van der Waals surface area contributed by atoms with Crippen molar-refractivity contribution in [3.05, 3.63) is 94.0 Å². The lowest BCUT2D eigenvalue weighted by molar-refractivity contribution is -0.132. The fraction of sp³-hybridized carbons (Fsp3) is 0.179. The van der Waals surface area contributed by atoms with Gasteiger partial charge in [-0.1, -0.05) is 23.7 Å². The summed E-state index contributed by atoms with van der Waals surface area (Å²) in [5.74, 6) is -2.49. The molecule has 0 spiro atoms. The summed E-state index contributed by atoms with van der Waals surface area (Å²) in [6.45, 7) is 4.07. The van der Waals surface area contributed by atoms with Gasteiger partial charge >= 0.3 is 5.97 Å². The number of ketones is 1. The second-order valence-corrected chi connectivity index (χ2v) is 8.51. The van der Waals surface area contributed by atoms with Crippen LogP contribution >= 0.6 is 11.6 Å². The normalized spacial score (nSPS) is 16.6. The second-order valence-electron chi connectivity index (χ2n) is 8.11. The Hall–Kier alpha value is -4.30. The van der Waals surface area contributed by atoms with Crippen LogP contribution in [-0.4, -0.2) is 41.1 Å². The van der Waals surface area contributed by atoms with E-state index in [9.17, 15) is 24.6 Å². The van der Waals surface area contributed by atoms with Crippen LogP contribution in [0.25, 0.3) is 5.76 Å². The first-order valence-electron chi connectivity index (χ1n) is 11.6. The molecule has 190 valence electrons. The van der Waals surface area contributed by atoms with Crippen molar-refractivity contribution in [3.8, 4) is 11.5 Å². The van der Waals surface area contributed by atoms with Gasteiger partial charge in [0.1, 0.15) is 17.3 Å². The van der Waals surface area contributed by atoms with Crippen LogP contribution < -0.4 is 9.64 Å². The van der Waals surface area contributed by atoms with Gasteiger partial charge in [0, 0.05) is 11.3 Å². The van der Waals surface area contributed by atoms with E-state index in [0.29, 0.717) is 23.6 Å². The van der Waals surface area contributed by atoms with Crippen molar-refractivity contribution in [1.82, 2.24) is 0 Å². The predicted molar refractivity (Wildman–Crippen MR) is 138 cm³/mol. The molecule has 3 aromatic carbocycles. The van der Waals surface area contributed by atoms with E-state index in [1.807, 2.05) is 0 Å². The van der Waals surface area contributed by atoms with Crippen LogP contribution in [0.2, 0.25) is 5.02 Å². The van der Waals surface area contributed by atoms with Gasteiger partial charge < -0.3 is 19.7 Å².